The van der Waals surface area contributed by atoms with Crippen molar-refractivity contribution >= 4 is 5.91 Å². The van der Waals surface area contributed by atoms with E-state index in [1.807, 2.05) is 4.90 Å². The van der Waals surface area contributed by atoms with E-state index >= 15 is 0 Å². The molecule has 0 bridgehead atoms. The second-order valence-corrected chi connectivity index (χ2v) is 7.91. The van der Waals surface area contributed by atoms with E-state index in [0.29, 0.717) is 17.7 Å². The molecule has 4 heteroatoms. The summed E-state index contributed by atoms with van der Waals surface area (Å²) in [6.07, 6.45) is 9.95. The molecule has 0 aromatic carbocycles. The van der Waals surface area contributed by atoms with Gasteiger partial charge in [0.2, 0.25) is 5.91 Å². The molecule has 2 saturated carbocycles. The molecular weight excluding hydrogens is 278 g/mol. The van der Waals surface area contributed by atoms with Gasteiger partial charge in [0.15, 0.2) is 0 Å². The Bertz CT molecular complexity index is 409. The average molecular weight is 307 g/mol. The predicted octanol–water partition coefficient (Wildman–Crippen LogP) is 2.61. The SMILES string of the molecule is O=C(C1CCC1)N1CC2(C1)OCC[C@@H]2COCC1CCCC1. The minimum atomic E-state index is -0.0743. The molecule has 4 rings (SSSR count). The van der Waals surface area contributed by atoms with Gasteiger partial charge in [-0.15, -0.1) is 0 Å². The second kappa shape index (κ2) is 6.12. The number of hydrogen-bond acceptors (Lipinski definition) is 3. The summed E-state index contributed by atoms with van der Waals surface area (Å²) in [5.74, 6) is 1.96. The summed E-state index contributed by atoms with van der Waals surface area (Å²) in [6, 6.07) is 0. The standard InChI is InChI=1S/C18H29NO3/c20-17(15-6-3-7-15)19-12-18(13-19)16(8-9-22-18)11-21-10-14-4-1-2-5-14/h14-16H,1-13H2/t16-/m1/s1. The fourth-order valence-corrected chi connectivity index (χ4v) is 4.59. The van der Waals surface area contributed by atoms with Crippen molar-refractivity contribution in [3.05, 3.63) is 0 Å². The molecule has 2 aliphatic heterocycles. The van der Waals surface area contributed by atoms with Crippen molar-refractivity contribution in [3.63, 3.8) is 0 Å². The number of carbonyl (C=O) groups is 1. The first-order valence-corrected chi connectivity index (χ1v) is 9.27. The molecule has 22 heavy (non-hydrogen) atoms. The van der Waals surface area contributed by atoms with Crippen LogP contribution in [-0.2, 0) is 14.3 Å². The van der Waals surface area contributed by atoms with Gasteiger partial charge in [0, 0.05) is 25.0 Å². The first-order valence-electron chi connectivity index (χ1n) is 9.27. The maximum absolute atomic E-state index is 12.3. The number of amides is 1. The molecule has 2 saturated heterocycles. The summed E-state index contributed by atoms with van der Waals surface area (Å²) in [5.41, 5.74) is -0.0743. The van der Waals surface area contributed by atoms with E-state index in [0.717, 1.165) is 58.1 Å². The van der Waals surface area contributed by atoms with Gasteiger partial charge in [-0.2, -0.15) is 0 Å². The van der Waals surface area contributed by atoms with Crippen LogP contribution in [0.15, 0.2) is 0 Å². The normalized spacial score (nSPS) is 31.5. The number of rotatable bonds is 5. The lowest BCUT2D eigenvalue weighted by Gasteiger charge is -2.51. The number of likely N-dealkylation sites (tertiary alicyclic amines) is 1. The Morgan fingerprint density at radius 2 is 1.82 bits per heavy atom. The zero-order valence-electron chi connectivity index (χ0n) is 13.6. The highest BCUT2D eigenvalue weighted by molar-refractivity contribution is 5.80. The van der Waals surface area contributed by atoms with Crippen molar-refractivity contribution in [2.45, 2.75) is 57.0 Å². The van der Waals surface area contributed by atoms with E-state index in [4.69, 9.17) is 9.47 Å². The number of hydrogen-bond donors (Lipinski definition) is 0. The van der Waals surface area contributed by atoms with Crippen molar-refractivity contribution < 1.29 is 14.3 Å². The summed E-state index contributed by atoms with van der Waals surface area (Å²) in [5, 5.41) is 0. The second-order valence-electron chi connectivity index (χ2n) is 7.91. The molecule has 1 amide bonds. The summed E-state index contributed by atoms with van der Waals surface area (Å²) >= 11 is 0. The van der Waals surface area contributed by atoms with E-state index in [1.54, 1.807) is 0 Å². The minimum absolute atomic E-state index is 0.0743. The van der Waals surface area contributed by atoms with Crippen molar-refractivity contribution in [2.75, 3.05) is 32.9 Å². The van der Waals surface area contributed by atoms with Crippen LogP contribution in [0.3, 0.4) is 0 Å². The van der Waals surface area contributed by atoms with Crippen LogP contribution in [-0.4, -0.2) is 49.3 Å². The number of carbonyl (C=O) groups excluding carboxylic acids is 1. The van der Waals surface area contributed by atoms with Crippen molar-refractivity contribution in [1.82, 2.24) is 4.90 Å². The van der Waals surface area contributed by atoms with Crippen LogP contribution in [0.25, 0.3) is 0 Å². The third-order valence-electron chi connectivity index (χ3n) is 6.43. The Morgan fingerprint density at radius 3 is 2.50 bits per heavy atom. The molecule has 0 radical (unpaired) electrons. The minimum Gasteiger partial charge on any atom is -0.381 e. The number of ether oxygens (including phenoxy) is 2. The van der Waals surface area contributed by atoms with Crippen molar-refractivity contribution in [3.8, 4) is 0 Å². The Kier molecular flexibility index (Phi) is 4.16. The molecule has 4 nitrogen and oxygen atoms in total. The van der Waals surface area contributed by atoms with Crippen LogP contribution >= 0.6 is 0 Å². The van der Waals surface area contributed by atoms with Gasteiger partial charge in [0.1, 0.15) is 5.60 Å². The molecule has 1 spiro atoms. The Balaban J connectivity index is 1.24. The zero-order valence-corrected chi connectivity index (χ0v) is 13.6. The highest BCUT2D eigenvalue weighted by Gasteiger charge is 2.55. The molecule has 1 atom stereocenters. The molecule has 0 aromatic heterocycles. The Morgan fingerprint density at radius 1 is 1.05 bits per heavy atom. The van der Waals surface area contributed by atoms with Gasteiger partial charge >= 0.3 is 0 Å². The summed E-state index contributed by atoms with van der Waals surface area (Å²) in [6.45, 7) is 4.20. The van der Waals surface area contributed by atoms with Crippen molar-refractivity contribution in [1.29, 1.82) is 0 Å². The van der Waals surface area contributed by atoms with E-state index < -0.39 is 0 Å². The van der Waals surface area contributed by atoms with E-state index in [2.05, 4.69) is 0 Å². The first-order chi connectivity index (χ1) is 10.8. The lowest BCUT2D eigenvalue weighted by molar-refractivity contribution is -0.174. The van der Waals surface area contributed by atoms with Crippen LogP contribution in [0.5, 0.6) is 0 Å². The zero-order chi connectivity index (χ0) is 15.0. The molecule has 2 aliphatic carbocycles. The lowest BCUT2D eigenvalue weighted by Crippen LogP contribution is -2.67. The van der Waals surface area contributed by atoms with E-state index in [9.17, 15) is 4.79 Å². The molecule has 124 valence electrons. The fourth-order valence-electron chi connectivity index (χ4n) is 4.59. The van der Waals surface area contributed by atoms with E-state index in [-0.39, 0.29) is 5.60 Å². The van der Waals surface area contributed by atoms with E-state index in [1.165, 1.54) is 32.1 Å². The maximum atomic E-state index is 12.3. The van der Waals surface area contributed by atoms with Crippen LogP contribution < -0.4 is 0 Å². The summed E-state index contributed by atoms with van der Waals surface area (Å²) in [7, 11) is 0. The average Bonchev–Trinajstić information content (AvgIpc) is 3.03. The van der Waals surface area contributed by atoms with Crippen LogP contribution in [0, 0.1) is 17.8 Å². The third-order valence-corrected chi connectivity index (χ3v) is 6.43. The van der Waals surface area contributed by atoms with Gasteiger partial charge in [-0.25, -0.2) is 0 Å². The van der Waals surface area contributed by atoms with Crippen LogP contribution in [0.1, 0.15) is 51.4 Å². The summed E-state index contributed by atoms with van der Waals surface area (Å²) in [4.78, 5) is 14.3. The summed E-state index contributed by atoms with van der Waals surface area (Å²) < 4.78 is 12.1. The van der Waals surface area contributed by atoms with Gasteiger partial charge in [-0.3, -0.25) is 4.79 Å². The van der Waals surface area contributed by atoms with Crippen molar-refractivity contribution in [2.24, 2.45) is 17.8 Å². The van der Waals surface area contributed by atoms with Gasteiger partial charge in [0.25, 0.3) is 0 Å². The third kappa shape index (κ3) is 2.69. The smallest absolute Gasteiger partial charge is 0.225 e. The lowest BCUT2D eigenvalue weighted by atomic mass is 9.78. The molecule has 0 aromatic rings. The topological polar surface area (TPSA) is 38.8 Å². The molecular formula is C18H29NO3. The van der Waals surface area contributed by atoms with Gasteiger partial charge in [0.05, 0.1) is 19.7 Å². The molecule has 2 heterocycles. The fraction of sp³-hybridized carbons (Fsp3) is 0.944. The van der Waals surface area contributed by atoms with Gasteiger partial charge in [-0.05, 0) is 38.0 Å². The molecule has 0 N–H and O–H groups in total. The number of nitrogens with zero attached hydrogens (tertiary/aromatic N) is 1. The van der Waals surface area contributed by atoms with Crippen LogP contribution in [0.4, 0.5) is 0 Å². The van der Waals surface area contributed by atoms with Crippen LogP contribution in [0.2, 0.25) is 0 Å². The Labute approximate surface area is 133 Å². The highest BCUT2D eigenvalue weighted by atomic mass is 16.5. The largest absolute Gasteiger partial charge is 0.381 e. The highest BCUT2D eigenvalue weighted by Crippen LogP contribution is 2.42. The molecule has 0 unspecified atom stereocenters. The monoisotopic (exact) mass is 307 g/mol. The molecule has 4 fully saturated rings. The quantitative estimate of drug-likeness (QED) is 0.784. The van der Waals surface area contributed by atoms with Gasteiger partial charge < -0.3 is 14.4 Å². The maximum Gasteiger partial charge on any atom is 0.225 e. The van der Waals surface area contributed by atoms with Gasteiger partial charge in [-0.1, -0.05) is 19.3 Å². The Hall–Kier alpha value is -0.610. The predicted molar refractivity (Wildman–Crippen MR) is 83.5 cm³/mol. The molecule has 4 aliphatic rings. The first kappa shape index (κ1) is 14.9.